The summed E-state index contributed by atoms with van der Waals surface area (Å²) in [4.78, 5) is 10.9. The van der Waals surface area contributed by atoms with Crippen LogP contribution in [-0.4, -0.2) is 40.7 Å². The first-order valence-electron chi connectivity index (χ1n) is 7.44. The molecule has 1 aliphatic heterocycles. The Morgan fingerprint density at radius 3 is 2.25 bits per heavy atom. The predicted molar refractivity (Wildman–Crippen MR) is 75.1 cm³/mol. The molecular formula is C14H27NO5. The van der Waals surface area contributed by atoms with E-state index in [-0.39, 0.29) is 13.2 Å². The topological polar surface area (TPSA) is 81.8 Å². The van der Waals surface area contributed by atoms with Crippen LogP contribution in [0.4, 0.5) is 0 Å². The lowest BCUT2D eigenvalue weighted by atomic mass is 9.89. The summed E-state index contributed by atoms with van der Waals surface area (Å²) in [6.45, 7) is 5.35. The second-order valence-electron chi connectivity index (χ2n) is 6.06. The van der Waals surface area contributed by atoms with Crippen molar-refractivity contribution in [3.8, 4) is 0 Å². The summed E-state index contributed by atoms with van der Waals surface area (Å²) in [7, 11) is 0. The fourth-order valence-corrected chi connectivity index (χ4v) is 2.31. The lowest BCUT2D eigenvalue weighted by Gasteiger charge is -2.39. The Balaban J connectivity index is 2.51. The molecule has 20 heavy (non-hydrogen) atoms. The van der Waals surface area contributed by atoms with E-state index in [0.717, 1.165) is 32.1 Å². The van der Waals surface area contributed by atoms with Crippen LogP contribution in [0.5, 0.6) is 0 Å². The third-order valence-electron chi connectivity index (χ3n) is 3.90. The normalized spacial score (nSPS) is 22.4. The Morgan fingerprint density at radius 1 is 1.20 bits per heavy atom. The molecule has 0 aromatic carbocycles. The van der Waals surface area contributed by atoms with Crippen molar-refractivity contribution in [2.24, 2.45) is 0 Å². The van der Waals surface area contributed by atoms with Gasteiger partial charge in [-0.1, -0.05) is 39.0 Å². The zero-order chi connectivity index (χ0) is 15.2. The van der Waals surface area contributed by atoms with Gasteiger partial charge in [0, 0.05) is 4.92 Å². The zero-order valence-corrected chi connectivity index (χ0v) is 12.8. The SMILES string of the molecule is CCCCCCCC(O)C1([N+](=O)[O-])COC(C)(C)OC1. The van der Waals surface area contributed by atoms with Crippen LogP contribution in [0, 0.1) is 10.1 Å². The Hall–Kier alpha value is -0.720. The van der Waals surface area contributed by atoms with Gasteiger partial charge in [-0.2, -0.15) is 0 Å². The number of nitrogens with zero attached hydrogens (tertiary/aromatic N) is 1. The number of hydrogen-bond donors (Lipinski definition) is 1. The number of aliphatic hydroxyl groups is 1. The van der Waals surface area contributed by atoms with Crippen molar-refractivity contribution in [1.82, 2.24) is 0 Å². The van der Waals surface area contributed by atoms with Crippen molar-refractivity contribution in [2.45, 2.75) is 76.7 Å². The van der Waals surface area contributed by atoms with E-state index in [1.165, 1.54) is 0 Å². The van der Waals surface area contributed by atoms with Crippen LogP contribution in [0.25, 0.3) is 0 Å². The van der Waals surface area contributed by atoms with Crippen molar-refractivity contribution in [3.05, 3.63) is 10.1 Å². The monoisotopic (exact) mass is 289 g/mol. The van der Waals surface area contributed by atoms with Gasteiger partial charge in [0.1, 0.15) is 19.3 Å². The predicted octanol–water partition coefficient (Wildman–Crippen LogP) is 2.51. The fourth-order valence-electron chi connectivity index (χ4n) is 2.31. The highest BCUT2D eigenvalue weighted by molar-refractivity contribution is 4.91. The molecule has 1 aliphatic rings. The Bertz CT molecular complexity index is 309. The lowest BCUT2D eigenvalue weighted by molar-refractivity contribution is -0.608. The summed E-state index contributed by atoms with van der Waals surface area (Å²) in [5.41, 5.74) is -1.53. The zero-order valence-electron chi connectivity index (χ0n) is 12.8. The van der Waals surface area contributed by atoms with E-state index in [1.54, 1.807) is 13.8 Å². The number of aliphatic hydroxyl groups excluding tert-OH is 1. The molecule has 1 saturated heterocycles. The first kappa shape index (κ1) is 17.3. The number of nitro groups is 1. The first-order chi connectivity index (χ1) is 9.34. The number of rotatable bonds is 8. The van der Waals surface area contributed by atoms with E-state index in [1.807, 2.05) is 0 Å². The lowest BCUT2D eigenvalue weighted by Crippen LogP contribution is -2.62. The van der Waals surface area contributed by atoms with Gasteiger partial charge in [-0.3, -0.25) is 10.1 Å². The first-order valence-corrected chi connectivity index (χ1v) is 7.44. The Kier molecular flexibility index (Phi) is 6.36. The second kappa shape index (κ2) is 7.33. The smallest absolute Gasteiger partial charge is 0.293 e. The summed E-state index contributed by atoms with van der Waals surface area (Å²) in [5, 5.41) is 21.6. The maximum atomic E-state index is 11.3. The molecule has 0 aromatic heterocycles. The molecule has 118 valence electrons. The van der Waals surface area contributed by atoms with E-state index in [9.17, 15) is 15.2 Å². The Morgan fingerprint density at radius 2 is 1.75 bits per heavy atom. The molecule has 0 saturated carbocycles. The molecule has 1 N–H and O–H groups in total. The summed E-state index contributed by atoms with van der Waals surface area (Å²) in [5.74, 6) is -0.819. The van der Waals surface area contributed by atoms with Gasteiger partial charge in [0.2, 0.25) is 0 Å². The van der Waals surface area contributed by atoms with Gasteiger partial charge in [0.15, 0.2) is 5.79 Å². The van der Waals surface area contributed by atoms with Crippen LogP contribution in [-0.2, 0) is 9.47 Å². The Labute approximate surface area is 120 Å². The van der Waals surface area contributed by atoms with Crippen LogP contribution in [0.3, 0.4) is 0 Å². The van der Waals surface area contributed by atoms with Gasteiger partial charge >= 0.3 is 0 Å². The maximum Gasteiger partial charge on any atom is 0.293 e. The van der Waals surface area contributed by atoms with Gasteiger partial charge in [-0.05, 0) is 20.3 Å². The molecule has 0 spiro atoms. The van der Waals surface area contributed by atoms with Gasteiger partial charge in [-0.25, -0.2) is 0 Å². The maximum absolute atomic E-state index is 11.3. The van der Waals surface area contributed by atoms with E-state index < -0.39 is 22.4 Å². The summed E-state index contributed by atoms with van der Waals surface area (Å²) in [6, 6.07) is 0. The minimum Gasteiger partial charge on any atom is -0.385 e. The van der Waals surface area contributed by atoms with Crippen molar-refractivity contribution in [3.63, 3.8) is 0 Å². The van der Waals surface area contributed by atoms with Crippen molar-refractivity contribution in [2.75, 3.05) is 13.2 Å². The molecule has 6 heteroatoms. The summed E-state index contributed by atoms with van der Waals surface area (Å²) in [6.07, 6.45) is 4.59. The largest absolute Gasteiger partial charge is 0.385 e. The molecule has 0 aliphatic carbocycles. The summed E-state index contributed by atoms with van der Waals surface area (Å²) < 4.78 is 10.8. The minimum atomic E-state index is -1.53. The van der Waals surface area contributed by atoms with Gasteiger partial charge in [0.25, 0.3) is 5.54 Å². The summed E-state index contributed by atoms with van der Waals surface area (Å²) >= 11 is 0. The van der Waals surface area contributed by atoms with Crippen LogP contribution in [0.2, 0.25) is 0 Å². The molecule has 1 unspecified atom stereocenters. The second-order valence-corrected chi connectivity index (χ2v) is 6.06. The molecule has 1 rings (SSSR count). The molecular weight excluding hydrogens is 262 g/mol. The van der Waals surface area contributed by atoms with Gasteiger partial charge < -0.3 is 14.6 Å². The van der Waals surface area contributed by atoms with E-state index in [2.05, 4.69) is 6.92 Å². The fraction of sp³-hybridized carbons (Fsp3) is 1.00. The van der Waals surface area contributed by atoms with Crippen LogP contribution >= 0.6 is 0 Å². The number of ether oxygens (including phenoxy) is 2. The highest BCUT2D eigenvalue weighted by Gasteiger charge is 2.55. The standard InChI is InChI=1S/C14H27NO5/c1-4-5-6-7-8-9-12(16)14(15(17)18)10-19-13(2,3)20-11-14/h12,16H,4-11H2,1-3H3. The quantitative estimate of drug-likeness (QED) is 0.422. The van der Waals surface area contributed by atoms with E-state index >= 15 is 0 Å². The molecule has 0 aromatic rings. The highest BCUT2D eigenvalue weighted by Crippen LogP contribution is 2.30. The highest BCUT2D eigenvalue weighted by atomic mass is 16.7. The molecule has 1 heterocycles. The molecule has 0 radical (unpaired) electrons. The number of hydrogen-bond acceptors (Lipinski definition) is 5. The van der Waals surface area contributed by atoms with E-state index in [4.69, 9.17) is 9.47 Å². The van der Waals surface area contributed by atoms with Crippen molar-refractivity contribution < 1.29 is 19.5 Å². The average Bonchev–Trinajstić information content (AvgIpc) is 2.38. The minimum absolute atomic E-state index is 0.108. The van der Waals surface area contributed by atoms with Crippen molar-refractivity contribution >= 4 is 0 Å². The van der Waals surface area contributed by atoms with Gasteiger partial charge in [0.05, 0.1) is 0 Å². The van der Waals surface area contributed by atoms with Crippen LogP contribution in [0.1, 0.15) is 59.3 Å². The average molecular weight is 289 g/mol. The molecule has 6 nitrogen and oxygen atoms in total. The molecule has 1 fully saturated rings. The van der Waals surface area contributed by atoms with Crippen molar-refractivity contribution in [1.29, 1.82) is 0 Å². The molecule has 0 bridgehead atoms. The number of unbranched alkanes of at least 4 members (excludes halogenated alkanes) is 4. The third-order valence-corrected chi connectivity index (χ3v) is 3.90. The third kappa shape index (κ3) is 4.40. The van der Waals surface area contributed by atoms with Gasteiger partial charge in [-0.15, -0.1) is 0 Å². The van der Waals surface area contributed by atoms with E-state index in [0.29, 0.717) is 6.42 Å². The van der Waals surface area contributed by atoms with Crippen LogP contribution < -0.4 is 0 Å². The molecule has 1 atom stereocenters. The van der Waals surface area contributed by atoms with Crippen LogP contribution in [0.15, 0.2) is 0 Å². The molecule has 0 amide bonds.